The van der Waals surface area contributed by atoms with Crippen LogP contribution in [-0.2, 0) is 6.54 Å². The molecule has 9 heteroatoms. The number of fused-ring (bicyclic) bond motifs is 1. The number of amides is 1. The summed E-state index contributed by atoms with van der Waals surface area (Å²) < 4.78 is 6.43. The molecule has 2 aliphatic heterocycles. The van der Waals surface area contributed by atoms with E-state index in [0.717, 1.165) is 39.0 Å². The first kappa shape index (κ1) is 28.9. The fourth-order valence-electron chi connectivity index (χ4n) is 8.17. The zero-order valence-electron chi connectivity index (χ0n) is 24.9. The van der Waals surface area contributed by atoms with E-state index in [2.05, 4.69) is 60.8 Å². The lowest BCUT2D eigenvalue weighted by molar-refractivity contribution is -0.199. The third kappa shape index (κ3) is 5.15. The van der Waals surface area contributed by atoms with Gasteiger partial charge in [-0.2, -0.15) is 5.26 Å². The lowest BCUT2D eigenvalue weighted by Crippen LogP contribution is -2.74. The van der Waals surface area contributed by atoms with Crippen LogP contribution in [0.5, 0.6) is 5.75 Å². The number of carbonyl (C=O) groups excluding carboxylic acids is 1. The number of benzene rings is 1. The van der Waals surface area contributed by atoms with Crippen molar-refractivity contribution in [1.29, 1.82) is 5.26 Å². The van der Waals surface area contributed by atoms with Gasteiger partial charge in [0.2, 0.25) is 0 Å². The Balaban J connectivity index is 1.11. The second-order valence-corrected chi connectivity index (χ2v) is 13.7. The van der Waals surface area contributed by atoms with Crippen LogP contribution in [0.15, 0.2) is 24.4 Å². The Kier molecular flexibility index (Phi) is 7.68. The van der Waals surface area contributed by atoms with Crippen LogP contribution < -0.4 is 10.1 Å². The van der Waals surface area contributed by atoms with E-state index in [1.807, 2.05) is 4.90 Å². The second kappa shape index (κ2) is 11.2. The van der Waals surface area contributed by atoms with E-state index in [4.69, 9.17) is 21.3 Å². The minimum absolute atomic E-state index is 0.0762. The lowest BCUT2D eigenvalue weighted by Gasteiger charge is -2.65. The number of hydrogen-bond donors (Lipinski definition) is 1. The summed E-state index contributed by atoms with van der Waals surface area (Å²) in [6.45, 7) is 13.4. The molecule has 1 N–H and O–H groups in total. The van der Waals surface area contributed by atoms with E-state index >= 15 is 0 Å². The molecule has 220 valence electrons. The van der Waals surface area contributed by atoms with Gasteiger partial charge in [0.05, 0.1) is 29.0 Å². The maximum Gasteiger partial charge on any atom is 0.275 e. The Labute approximate surface area is 253 Å². The molecule has 2 aromatic rings. The topological polar surface area (TPSA) is 94.4 Å². The zero-order valence-corrected chi connectivity index (χ0v) is 25.7. The molecule has 1 amide bonds. The average molecular weight is 587 g/mol. The number of ether oxygens (including phenoxy) is 1. The van der Waals surface area contributed by atoms with Crippen molar-refractivity contribution in [2.45, 2.75) is 78.1 Å². The van der Waals surface area contributed by atoms with Gasteiger partial charge in [-0.3, -0.25) is 9.69 Å². The minimum atomic E-state index is -0.340. The molecule has 6 rings (SSSR count). The monoisotopic (exact) mass is 586 g/mol. The summed E-state index contributed by atoms with van der Waals surface area (Å²) in [5, 5.41) is 13.0. The third-order valence-electron chi connectivity index (χ3n) is 9.78. The molecule has 4 aliphatic rings. The molecule has 1 aromatic heterocycles. The summed E-state index contributed by atoms with van der Waals surface area (Å²) in [6.07, 6.45) is 6.13. The standard InChI is InChI=1S/C33H39ClN6O2/c1-32(2)30(33(3,4)31(32)42-25-12-8-22(18-35)26(34)17-25)40-20-27-28(29(40)41)37-19-23(38-27)9-5-21-6-10-24(11-7-21)39-15-13-36-14-16-39/h8,12,17,19,21,24,30-31,36H,6-7,10-11,13-16,20H2,1-4H3. The maximum absolute atomic E-state index is 13.6. The number of nitriles is 1. The van der Waals surface area contributed by atoms with Crippen molar-refractivity contribution >= 4 is 17.5 Å². The Morgan fingerprint density at radius 3 is 2.48 bits per heavy atom. The number of rotatable bonds is 4. The van der Waals surface area contributed by atoms with E-state index in [9.17, 15) is 10.1 Å². The van der Waals surface area contributed by atoms with Gasteiger partial charge in [0.15, 0.2) is 5.69 Å². The Morgan fingerprint density at radius 1 is 1.10 bits per heavy atom. The molecule has 0 radical (unpaired) electrons. The average Bonchev–Trinajstić information content (AvgIpc) is 3.29. The Hall–Kier alpha value is -3.17. The molecule has 8 nitrogen and oxygen atoms in total. The van der Waals surface area contributed by atoms with E-state index in [1.165, 1.54) is 12.8 Å². The Bertz CT molecular complexity index is 1460. The van der Waals surface area contributed by atoms with Crippen LogP contribution in [0, 0.1) is 39.9 Å². The zero-order chi connectivity index (χ0) is 29.6. The van der Waals surface area contributed by atoms with Crippen molar-refractivity contribution in [3.05, 3.63) is 52.1 Å². The molecule has 1 aromatic carbocycles. The first-order valence-corrected chi connectivity index (χ1v) is 15.5. The molecule has 0 unspecified atom stereocenters. The number of hydrogen-bond acceptors (Lipinski definition) is 7. The number of piperazine rings is 1. The van der Waals surface area contributed by atoms with Crippen LogP contribution in [-0.4, -0.2) is 70.0 Å². The van der Waals surface area contributed by atoms with Gasteiger partial charge >= 0.3 is 0 Å². The van der Waals surface area contributed by atoms with Gasteiger partial charge in [-0.1, -0.05) is 45.2 Å². The van der Waals surface area contributed by atoms with Gasteiger partial charge in [0.1, 0.15) is 23.6 Å². The predicted octanol–water partition coefficient (Wildman–Crippen LogP) is 4.66. The lowest BCUT2D eigenvalue weighted by atomic mass is 9.49. The van der Waals surface area contributed by atoms with Crippen LogP contribution in [0.3, 0.4) is 0 Å². The molecule has 3 heterocycles. The number of halogens is 1. The molecule has 42 heavy (non-hydrogen) atoms. The number of nitrogens with one attached hydrogen (secondary N) is 1. The Morgan fingerprint density at radius 2 is 1.81 bits per heavy atom. The van der Waals surface area contributed by atoms with Crippen molar-refractivity contribution in [2.24, 2.45) is 16.7 Å². The first-order valence-electron chi connectivity index (χ1n) is 15.1. The SMILES string of the molecule is CC1(C)C(Oc2ccc(C#N)c(Cl)c2)C(C)(C)C1N1Cc2nc(C#CC3CCC(N4CCNCC4)CC3)cnc2C1=O. The highest BCUT2D eigenvalue weighted by Gasteiger charge is 2.67. The van der Waals surface area contributed by atoms with Crippen LogP contribution in [0.4, 0.5) is 0 Å². The molecule has 1 saturated heterocycles. The number of carbonyl (C=O) groups is 1. The summed E-state index contributed by atoms with van der Waals surface area (Å²) in [6, 6.07) is 7.82. The van der Waals surface area contributed by atoms with Gasteiger partial charge in [0, 0.05) is 61.1 Å². The summed E-state index contributed by atoms with van der Waals surface area (Å²) in [5.41, 5.74) is 1.49. The summed E-state index contributed by atoms with van der Waals surface area (Å²) in [4.78, 5) is 27.4. The van der Waals surface area contributed by atoms with Crippen molar-refractivity contribution in [3.63, 3.8) is 0 Å². The van der Waals surface area contributed by atoms with Crippen molar-refractivity contribution < 1.29 is 9.53 Å². The van der Waals surface area contributed by atoms with Crippen LogP contribution in [0.25, 0.3) is 0 Å². The molecule has 2 aliphatic carbocycles. The van der Waals surface area contributed by atoms with E-state index < -0.39 is 0 Å². The van der Waals surface area contributed by atoms with Crippen molar-refractivity contribution in [2.75, 3.05) is 26.2 Å². The van der Waals surface area contributed by atoms with Gasteiger partial charge in [-0.15, -0.1) is 0 Å². The second-order valence-electron chi connectivity index (χ2n) is 13.3. The van der Waals surface area contributed by atoms with Gasteiger partial charge in [0.25, 0.3) is 5.91 Å². The quantitative estimate of drug-likeness (QED) is 0.521. The van der Waals surface area contributed by atoms with Gasteiger partial charge in [-0.25, -0.2) is 9.97 Å². The maximum atomic E-state index is 13.6. The highest BCUT2D eigenvalue weighted by atomic mass is 35.5. The number of aromatic nitrogens is 2. The highest BCUT2D eigenvalue weighted by Crippen LogP contribution is 2.59. The molecular weight excluding hydrogens is 548 g/mol. The van der Waals surface area contributed by atoms with Gasteiger partial charge < -0.3 is 15.0 Å². The van der Waals surface area contributed by atoms with Crippen molar-refractivity contribution in [3.8, 4) is 23.7 Å². The molecule has 0 atom stereocenters. The minimum Gasteiger partial charge on any atom is -0.489 e. The van der Waals surface area contributed by atoms with Crippen molar-refractivity contribution in [1.82, 2.24) is 25.1 Å². The third-order valence-corrected chi connectivity index (χ3v) is 10.1. The molecular formula is C33H39ClN6O2. The normalized spacial score (nSPS) is 28.2. The molecule has 3 fully saturated rings. The summed E-state index contributed by atoms with van der Waals surface area (Å²) >= 11 is 6.25. The van der Waals surface area contributed by atoms with Gasteiger partial charge in [-0.05, 0) is 43.7 Å². The summed E-state index contributed by atoms with van der Waals surface area (Å²) in [5.74, 6) is 7.65. The molecule has 0 bridgehead atoms. The fraction of sp³-hybridized carbons (Fsp3) is 0.576. The van der Waals surface area contributed by atoms with Crippen LogP contribution >= 0.6 is 11.6 Å². The van der Waals surface area contributed by atoms with E-state index in [0.29, 0.717) is 51.9 Å². The predicted molar refractivity (Wildman–Crippen MR) is 161 cm³/mol. The fourth-order valence-corrected chi connectivity index (χ4v) is 8.39. The van der Waals surface area contributed by atoms with Crippen LogP contribution in [0.2, 0.25) is 5.02 Å². The van der Waals surface area contributed by atoms with Crippen LogP contribution in [0.1, 0.15) is 80.8 Å². The largest absolute Gasteiger partial charge is 0.489 e. The molecule has 0 spiro atoms. The molecule has 2 saturated carbocycles. The number of nitrogens with zero attached hydrogens (tertiary/aromatic N) is 5. The first-order chi connectivity index (χ1) is 20.1. The summed E-state index contributed by atoms with van der Waals surface area (Å²) in [7, 11) is 0. The smallest absolute Gasteiger partial charge is 0.275 e. The van der Waals surface area contributed by atoms with E-state index in [-0.39, 0.29) is 28.9 Å². The van der Waals surface area contributed by atoms with E-state index in [1.54, 1.807) is 24.4 Å². The highest BCUT2D eigenvalue weighted by molar-refractivity contribution is 6.31.